The van der Waals surface area contributed by atoms with Crippen molar-refractivity contribution in [3.8, 4) is 0 Å². The number of carbonyl (C=O) groups is 2. The molecule has 0 spiro atoms. The van der Waals surface area contributed by atoms with E-state index in [1.54, 1.807) is 0 Å². The molecule has 6 N–H and O–H groups in total. The topological polar surface area (TPSA) is 213 Å². The van der Waals surface area contributed by atoms with Gasteiger partial charge in [0.2, 0.25) is 10.0 Å². The van der Waals surface area contributed by atoms with Crippen LogP contribution in [0.5, 0.6) is 0 Å². The number of aliphatic carboxylic acids is 2. The molecule has 27 heteroatoms. The second kappa shape index (κ2) is 15.5. The molecule has 0 radical (unpaired) electrons. The van der Waals surface area contributed by atoms with Gasteiger partial charge in [-0.15, -0.1) is 0 Å². The van der Waals surface area contributed by atoms with Crippen LogP contribution in [-0.4, -0.2) is 61.7 Å². The Labute approximate surface area is 299 Å². The summed E-state index contributed by atoms with van der Waals surface area (Å²) in [5.74, 6) is -4.74. The molecule has 0 saturated carbocycles. The van der Waals surface area contributed by atoms with Crippen LogP contribution in [0.25, 0.3) is 11.0 Å². The fourth-order valence-electron chi connectivity index (χ4n) is 4.39. The van der Waals surface area contributed by atoms with Gasteiger partial charge in [0.15, 0.2) is 0 Å². The molecule has 0 fully saturated rings. The molecule has 3 aromatic carbocycles. The van der Waals surface area contributed by atoms with Crippen molar-refractivity contribution >= 4 is 48.9 Å². The predicted molar refractivity (Wildman–Crippen MR) is 163 cm³/mol. The quantitative estimate of drug-likeness (QED) is 0.125. The molecule has 0 aliphatic heterocycles. The van der Waals surface area contributed by atoms with E-state index in [4.69, 9.17) is 20.1 Å². The highest BCUT2D eigenvalue weighted by Crippen LogP contribution is 2.38. The Morgan fingerprint density at radius 2 is 1.25 bits per heavy atom. The minimum absolute atomic E-state index is 0.0397. The Bertz CT molecular complexity index is 2240. The van der Waals surface area contributed by atoms with E-state index in [0.717, 1.165) is 30.3 Å². The largest absolute Gasteiger partial charge is 0.490 e. The Morgan fingerprint density at radius 1 is 0.764 bits per heavy atom. The van der Waals surface area contributed by atoms with Gasteiger partial charge in [0.1, 0.15) is 12.4 Å². The molecule has 0 bridgehead atoms. The van der Waals surface area contributed by atoms with Crippen LogP contribution >= 0.6 is 0 Å². The molecule has 0 unspecified atom stereocenters. The molecule has 4 rings (SSSR count). The van der Waals surface area contributed by atoms with Gasteiger partial charge in [0, 0.05) is 0 Å². The third-order valence-corrected chi connectivity index (χ3v) is 9.22. The molecular formula is C28H21F12N5O8S2. The molecule has 4 aromatic rings. The van der Waals surface area contributed by atoms with Crippen molar-refractivity contribution in [1.29, 1.82) is 0 Å². The molecule has 0 aliphatic carbocycles. The number of alkyl halides is 12. The van der Waals surface area contributed by atoms with Gasteiger partial charge in [-0.25, -0.2) is 32.4 Å². The summed E-state index contributed by atoms with van der Waals surface area (Å²) in [5, 5.41) is 21.2. The predicted octanol–water partition coefficient (Wildman–Crippen LogP) is 5.61. The number of aromatic amines is 1. The van der Waals surface area contributed by atoms with E-state index in [2.05, 4.69) is 9.97 Å². The van der Waals surface area contributed by atoms with E-state index in [1.165, 1.54) is 0 Å². The van der Waals surface area contributed by atoms with Crippen LogP contribution in [0.2, 0.25) is 0 Å². The van der Waals surface area contributed by atoms with Gasteiger partial charge >= 0.3 is 36.6 Å². The molecule has 55 heavy (non-hydrogen) atoms. The lowest BCUT2D eigenvalue weighted by atomic mass is 10.1. The lowest BCUT2D eigenvalue weighted by molar-refractivity contribution is -0.192. The number of benzene rings is 3. The first-order valence-electron chi connectivity index (χ1n) is 14.1. The number of H-pyrrole nitrogens is 1. The highest BCUT2D eigenvalue weighted by molar-refractivity contribution is 7.90. The maximum absolute atomic E-state index is 13.4. The van der Waals surface area contributed by atoms with E-state index in [0.29, 0.717) is 16.4 Å². The smallest absolute Gasteiger partial charge is 0.480 e. The van der Waals surface area contributed by atoms with E-state index in [9.17, 15) is 74.3 Å². The first-order chi connectivity index (χ1) is 24.8. The van der Waals surface area contributed by atoms with Crippen LogP contribution in [-0.2, 0) is 54.8 Å². The monoisotopic (exact) mass is 847 g/mol. The molecule has 0 aliphatic rings. The van der Waals surface area contributed by atoms with E-state index in [1.807, 2.05) is 4.72 Å². The number of sulfonamides is 1. The normalized spacial score (nSPS) is 13.5. The van der Waals surface area contributed by atoms with Crippen LogP contribution in [0.15, 0.2) is 65.6 Å². The second-order valence-corrected chi connectivity index (χ2v) is 14.1. The Kier molecular flexibility index (Phi) is 12.5. The first-order valence-corrected chi connectivity index (χ1v) is 17.1. The summed E-state index contributed by atoms with van der Waals surface area (Å²) in [4.78, 5) is 25.1. The average molecular weight is 848 g/mol. The van der Waals surface area contributed by atoms with Gasteiger partial charge in [-0.2, -0.15) is 61.1 Å². The van der Waals surface area contributed by atoms with Crippen LogP contribution in [0.4, 0.5) is 58.4 Å². The van der Waals surface area contributed by atoms with Crippen molar-refractivity contribution in [1.82, 2.24) is 14.7 Å². The van der Waals surface area contributed by atoms with E-state index in [-0.39, 0.29) is 40.5 Å². The summed E-state index contributed by atoms with van der Waals surface area (Å²) in [6.45, 7) is -1.09. The summed E-state index contributed by atoms with van der Waals surface area (Å²) in [7, 11) is -9.87. The van der Waals surface area contributed by atoms with Gasteiger partial charge in [-0.05, 0) is 60.5 Å². The number of nitrogens with one attached hydrogen (secondary N) is 2. The SMILES string of the molecule is NS(=O)(=O)N(CC(=O)O)c1ccc(C[C@H](NS(=O)(=O)c2cc(C(F)(F)F)cc(C(F)(F)F)c2)c2nc3ccc(C(F)(F)F)cc3[nH]2)cc1.O=C(O)C(F)(F)F. The maximum Gasteiger partial charge on any atom is 0.490 e. The third-order valence-electron chi connectivity index (χ3n) is 6.82. The Hall–Kier alpha value is -5.15. The standard InChI is InChI=1S/C26H20F9N5O6S2.C2HF3O2/c27-24(28,29)14-3-6-19-20(11-14)38-23(37-19)21(7-13-1-4-17(5-2-13)40(12-22(41)42)48(36,45)46)39-47(43,44)18-9-15(25(30,31)32)8-16(10-18)26(33,34)35;3-2(4,5)1(6)7/h1-6,8-11,21,39H,7,12H2,(H,37,38)(H,41,42)(H2,36,45,46);(H,6,7)/t21-;/m0./s1. The number of carboxylic acids is 2. The zero-order valence-electron chi connectivity index (χ0n) is 26.4. The number of aromatic nitrogens is 2. The molecule has 1 heterocycles. The number of hydrogen-bond acceptors (Lipinski definition) is 7. The van der Waals surface area contributed by atoms with Crippen LogP contribution in [0, 0.1) is 0 Å². The molecule has 1 atom stereocenters. The number of fused-ring (bicyclic) bond motifs is 1. The zero-order chi connectivity index (χ0) is 42.1. The molecule has 302 valence electrons. The average Bonchev–Trinajstić information content (AvgIpc) is 3.45. The number of nitrogens with two attached hydrogens (primary N) is 1. The van der Waals surface area contributed by atoms with Crippen molar-refractivity contribution in [2.24, 2.45) is 5.14 Å². The van der Waals surface area contributed by atoms with Crippen molar-refractivity contribution in [2.45, 2.75) is 42.1 Å². The number of nitrogens with zero attached hydrogens (tertiary/aromatic N) is 2. The molecule has 13 nitrogen and oxygen atoms in total. The second-order valence-electron chi connectivity index (χ2n) is 10.9. The number of hydrogen-bond donors (Lipinski definition) is 5. The summed E-state index contributed by atoms with van der Waals surface area (Å²) >= 11 is 0. The zero-order valence-corrected chi connectivity index (χ0v) is 28.1. The van der Waals surface area contributed by atoms with Gasteiger partial charge < -0.3 is 15.2 Å². The molecular weight excluding hydrogens is 826 g/mol. The number of rotatable bonds is 10. The fraction of sp³-hybridized carbons (Fsp3) is 0.250. The van der Waals surface area contributed by atoms with Crippen LogP contribution in [0.1, 0.15) is 34.1 Å². The molecule has 0 amide bonds. The third kappa shape index (κ3) is 11.9. The van der Waals surface area contributed by atoms with Gasteiger partial charge in [0.05, 0.1) is 44.3 Å². The summed E-state index contributed by atoms with van der Waals surface area (Å²) in [6, 6.07) is 4.62. The van der Waals surface area contributed by atoms with E-state index >= 15 is 0 Å². The van der Waals surface area contributed by atoms with Gasteiger partial charge in [0.25, 0.3) is 10.2 Å². The number of halogens is 12. The lowest BCUT2D eigenvalue weighted by Crippen LogP contribution is -2.40. The highest BCUT2D eigenvalue weighted by atomic mass is 32.2. The van der Waals surface area contributed by atoms with Crippen molar-refractivity contribution < 1.29 is 89.3 Å². The summed E-state index contributed by atoms with van der Waals surface area (Å²) < 4.78 is 205. The summed E-state index contributed by atoms with van der Waals surface area (Å²) in [5.41, 5.74) is -5.52. The number of anilines is 1. The number of carboxylic acid groups (broad SMARTS) is 2. The van der Waals surface area contributed by atoms with Crippen molar-refractivity contribution in [2.75, 3.05) is 10.8 Å². The fourth-order valence-corrected chi connectivity index (χ4v) is 6.36. The molecule has 1 aromatic heterocycles. The Balaban J connectivity index is 0.00000106. The summed E-state index contributed by atoms with van der Waals surface area (Å²) in [6.07, 6.45) is -21.2. The minimum atomic E-state index is -5.40. The molecule has 0 saturated heterocycles. The van der Waals surface area contributed by atoms with Crippen molar-refractivity contribution in [3.05, 3.63) is 88.7 Å². The maximum atomic E-state index is 13.4. The Morgan fingerprint density at radius 3 is 1.67 bits per heavy atom. The van der Waals surface area contributed by atoms with Gasteiger partial charge in [-0.1, -0.05) is 12.1 Å². The first kappa shape index (κ1) is 44.2. The highest BCUT2D eigenvalue weighted by Gasteiger charge is 2.40. The van der Waals surface area contributed by atoms with Crippen LogP contribution < -0.4 is 14.2 Å². The van der Waals surface area contributed by atoms with E-state index < -0.39 is 103 Å². The minimum Gasteiger partial charge on any atom is -0.480 e. The van der Waals surface area contributed by atoms with Crippen LogP contribution in [0.3, 0.4) is 0 Å². The van der Waals surface area contributed by atoms with Gasteiger partial charge in [-0.3, -0.25) is 4.79 Å². The van der Waals surface area contributed by atoms with Crippen molar-refractivity contribution in [3.63, 3.8) is 0 Å². The lowest BCUT2D eigenvalue weighted by Gasteiger charge is -2.21. The number of imidazole rings is 1.